The number of halogens is 1. The molecular formula is C28H49ClO. The maximum atomic E-state index is 6.32. The van der Waals surface area contributed by atoms with Gasteiger partial charge in [-0.25, -0.2) is 0 Å². The molecule has 2 unspecified atom stereocenters. The Morgan fingerprint density at radius 2 is 1.30 bits per heavy atom. The van der Waals surface area contributed by atoms with Crippen LogP contribution in [0.25, 0.3) is 0 Å². The topological polar surface area (TPSA) is 9.23 Å². The average Bonchev–Trinajstić information content (AvgIpc) is 2.76. The van der Waals surface area contributed by atoms with Crippen LogP contribution in [-0.2, 0) is 6.42 Å². The minimum absolute atomic E-state index is 0.212. The molecule has 0 heterocycles. The van der Waals surface area contributed by atoms with Crippen LogP contribution in [0.15, 0.2) is 24.3 Å². The minimum Gasteiger partial charge on any atom is -0.490 e. The first-order valence-electron chi connectivity index (χ1n) is 13.1. The largest absolute Gasteiger partial charge is 0.490 e. The number of unbranched alkanes of at least 4 members (excludes halogenated alkanes) is 12. The first-order chi connectivity index (χ1) is 14.7. The lowest BCUT2D eigenvalue weighted by Gasteiger charge is -2.20. The lowest BCUT2D eigenvalue weighted by molar-refractivity contribution is 0.184. The standard InChI is InChI=1S/C28H49ClO/c1-4-7-8-9-10-11-12-13-14-15-16-17-18-20-25-21-19-22-28(23-25)30-27(6-3)24-26(29)5-2/h19,21-23,26-27H,4-18,20,24H2,1-3H3. The second-order valence-corrected chi connectivity index (χ2v) is 9.65. The maximum absolute atomic E-state index is 6.32. The fourth-order valence-electron chi connectivity index (χ4n) is 4.06. The molecule has 0 radical (unpaired) electrons. The summed E-state index contributed by atoms with van der Waals surface area (Å²) >= 11 is 6.32. The van der Waals surface area contributed by atoms with E-state index in [2.05, 4.69) is 45.0 Å². The van der Waals surface area contributed by atoms with E-state index in [0.29, 0.717) is 0 Å². The van der Waals surface area contributed by atoms with Crippen LogP contribution >= 0.6 is 11.6 Å². The SMILES string of the molecule is CCCCCCCCCCCCCCCc1cccc(OC(CC)CC(Cl)CC)c1. The van der Waals surface area contributed by atoms with Gasteiger partial charge in [0.25, 0.3) is 0 Å². The number of ether oxygens (including phenoxy) is 1. The first kappa shape index (κ1) is 27.3. The number of alkyl halides is 1. The van der Waals surface area contributed by atoms with Crippen LogP contribution in [0, 0.1) is 0 Å². The number of hydrogen-bond acceptors (Lipinski definition) is 1. The van der Waals surface area contributed by atoms with E-state index in [1.165, 1.54) is 95.5 Å². The predicted molar refractivity (Wildman–Crippen MR) is 135 cm³/mol. The Balaban J connectivity index is 2.09. The molecule has 30 heavy (non-hydrogen) atoms. The van der Waals surface area contributed by atoms with E-state index in [9.17, 15) is 0 Å². The molecule has 0 aliphatic carbocycles. The second-order valence-electron chi connectivity index (χ2n) is 9.03. The molecule has 2 heteroatoms. The highest BCUT2D eigenvalue weighted by molar-refractivity contribution is 6.20. The van der Waals surface area contributed by atoms with Crippen LogP contribution in [0.4, 0.5) is 0 Å². The van der Waals surface area contributed by atoms with Crippen LogP contribution in [-0.4, -0.2) is 11.5 Å². The molecule has 0 saturated carbocycles. The molecule has 2 atom stereocenters. The Hall–Kier alpha value is -0.690. The molecule has 0 amide bonds. The zero-order chi connectivity index (χ0) is 21.9. The summed E-state index contributed by atoms with van der Waals surface area (Å²) in [7, 11) is 0. The van der Waals surface area contributed by atoms with Crippen molar-refractivity contribution in [3.05, 3.63) is 29.8 Å². The molecular weight excluding hydrogens is 388 g/mol. The van der Waals surface area contributed by atoms with Crippen molar-refractivity contribution in [2.75, 3.05) is 0 Å². The summed E-state index contributed by atoms with van der Waals surface area (Å²) in [4.78, 5) is 0. The Kier molecular flexibility index (Phi) is 17.3. The summed E-state index contributed by atoms with van der Waals surface area (Å²) in [5.74, 6) is 1.01. The molecule has 1 rings (SSSR count). The van der Waals surface area contributed by atoms with Gasteiger partial charge in [-0.1, -0.05) is 110 Å². The molecule has 1 aromatic rings. The number of benzene rings is 1. The van der Waals surface area contributed by atoms with Gasteiger partial charge in [-0.3, -0.25) is 0 Å². The van der Waals surface area contributed by atoms with Crippen molar-refractivity contribution < 1.29 is 4.74 Å². The molecule has 0 bridgehead atoms. The minimum atomic E-state index is 0.212. The monoisotopic (exact) mass is 436 g/mol. The van der Waals surface area contributed by atoms with Crippen molar-refractivity contribution in [1.82, 2.24) is 0 Å². The van der Waals surface area contributed by atoms with E-state index in [1.807, 2.05) is 0 Å². The van der Waals surface area contributed by atoms with Gasteiger partial charge in [0.05, 0.1) is 6.10 Å². The van der Waals surface area contributed by atoms with Crippen molar-refractivity contribution in [1.29, 1.82) is 0 Å². The lowest BCUT2D eigenvalue weighted by Crippen LogP contribution is -2.20. The molecule has 0 spiro atoms. The van der Waals surface area contributed by atoms with E-state index < -0.39 is 0 Å². The quantitative estimate of drug-likeness (QED) is 0.146. The summed E-state index contributed by atoms with van der Waals surface area (Å²) in [5.41, 5.74) is 1.41. The third kappa shape index (κ3) is 14.3. The molecule has 1 nitrogen and oxygen atoms in total. The maximum Gasteiger partial charge on any atom is 0.119 e. The van der Waals surface area contributed by atoms with E-state index in [0.717, 1.165) is 25.0 Å². The fourth-order valence-corrected chi connectivity index (χ4v) is 4.26. The Morgan fingerprint density at radius 3 is 1.83 bits per heavy atom. The zero-order valence-electron chi connectivity index (χ0n) is 20.3. The Bertz CT molecular complexity index is 501. The van der Waals surface area contributed by atoms with Crippen molar-refractivity contribution >= 4 is 11.6 Å². The first-order valence-corrected chi connectivity index (χ1v) is 13.5. The van der Waals surface area contributed by atoms with Crippen LogP contribution in [0.2, 0.25) is 0 Å². The molecule has 0 N–H and O–H groups in total. The fraction of sp³-hybridized carbons (Fsp3) is 0.786. The van der Waals surface area contributed by atoms with Gasteiger partial charge in [0.15, 0.2) is 0 Å². The van der Waals surface area contributed by atoms with Crippen molar-refractivity contribution in [3.63, 3.8) is 0 Å². The highest BCUT2D eigenvalue weighted by Gasteiger charge is 2.13. The number of aryl methyl sites for hydroxylation is 1. The molecule has 174 valence electrons. The summed E-state index contributed by atoms with van der Waals surface area (Å²) in [6.07, 6.45) is 22.6. The molecule has 0 aliphatic heterocycles. The normalized spacial score (nSPS) is 13.3. The third-order valence-electron chi connectivity index (χ3n) is 6.19. The Morgan fingerprint density at radius 1 is 0.733 bits per heavy atom. The second kappa shape index (κ2) is 19.0. The molecule has 0 fully saturated rings. The van der Waals surface area contributed by atoms with Gasteiger partial charge in [-0.15, -0.1) is 11.6 Å². The van der Waals surface area contributed by atoms with Gasteiger partial charge in [0.1, 0.15) is 5.75 Å². The third-order valence-corrected chi connectivity index (χ3v) is 6.67. The highest BCUT2D eigenvalue weighted by Crippen LogP contribution is 2.21. The van der Waals surface area contributed by atoms with Gasteiger partial charge >= 0.3 is 0 Å². The summed E-state index contributed by atoms with van der Waals surface area (Å²) in [6, 6.07) is 8.70. The van der Waals surface area contributed by atoms with E-state index in [-0.39, 0.29) is 11.5 Å². The Labute approximate surface area is 193 Å². The number of hydrogen-bond donors (Lipinski definition) is 0. The van der Waals surface area contributed by atoms with Crippen molar-refractivity contribution in [2.45, 2.75) is 141 Å². The van der Waals surface area contributed by atoms with Crippen LogP contribution in [0.1, 0.15) is 129 Å². The predicted octanol–water partition coefficient (Wildman–Crippen LogP) is 9.89. The van der Waals surface area contributed by atoms with E-state index >= 15 is 0 Å². The number of rotatable bonds is 20. The van der Waals surface area contributed by atoms with Gasteiger partial charge in [0, 0.05) is 11.8 Å². The molecule has 0 aromatic heterocycles. The van der Waals surface area contributed by atoms with Gasteiger partial charge in [0.2, 0.25) is 0 Å². The van der Waals surface area contributed by atoms with Gasteiger partial charge < -0.3 is 4.74 Å². The van der Waals surface area contributed by atoms with Crippen molar-refractivity contribution in [3.8, 4) is 5.75 Å². The summed E-state index contributed by atoms with van der Waals surface area (Å²) < 4.78 is 6.21. The van der Waals surface area contributed by atoms with E-state index in [1.54, 1.807) is 0 Å². The molecule has 0 saturated heterocycles. The van der Waals surface area contributed by atoms with Gasteiger partial charge in [-0.05, 0) is 43.4 Å². The van der Waals surface area contributed by atoms with Gasteiger partial charge in [-0.2, -0.15) is 0 Å². The molecule has 1 aromatic carbocycles. The van der Waals surface area contributed by atoms with Crippen LogP contribution in [0.3, 0.4) is 0 Å². The lowest BCUT2D eigenvalue weighted by atomic mass is 10.0. The van der Waals surface area contributed by atoms with E-state index in [4.69, 9.17) is 16.3 Å². The summed E-state index contributed by atoms with van der Waals surface area (Å²) in [5, 5.41) is 0.212. The smallest absolute Gasteiger partial charge is 0.119 e. The highest BCUT2D eigenvalue weighted by atomic mass is 35.5. The zero-order valence-corrected chi connectivity index (χ0v) is 21.0. The summed E-state index contributed by atoms with van der Waals surface area (Å²) in [6.45, 7) is 6.61. The molecule has 0 aliphatic rings. The van der Waals surface area contributed by atoms with Crippen LogP contribution in [0.5, 0.6) is 5.75 Å². The van der Waals surface area contributed by atoms with Crippen molar-refractivity contribution in [2.24, 2.45) is 0 Å². The van der Waals surface area contributed by atoms with Crippen LogP contribution < -0.4 is 4.74 Å². The average molecular weight is 437 g/mol.